The van der Waals surface area contributed by atoms with Crippen molar-refractivity contribution in [3.05, 3.63) is 35.4 Å². The fourth-order valence-electron chi connectivity index (χ4n) is 6.41. The van der Waals surface area contributed by atoms with Crippen LogP contribution in [0.25, 0.3) is 0 Å². The van der Waals surface area contributed by atoms with Gasteiger partial charge >= 0.3 is 5.97 Å². The molecular weight excluding hydrogens is 380 g/mol. The van der Waals surface area contributed by atoms with Gasteiger partial charge in [0.25, 0.3) is 0 Å². The zero-order chi connectivity index (χ0) is 22.1. The average Bonchev–Trinajstić information content (AvgIpc) is 2.83. The number of aryl methyl sites for hydroxylation is 1. The number of carbonyl (C=O) groups is 1. The average molecular weight is 427 g/mol. The second kappa shape index (κ2) is 12.1. The Labute approximate surface area is 191 Å². The fourth-order valence-corrected chi connectivity index (χ4v) is 6.41. The lowest BCUT2D eigenvalue weighted by molar-refractivity contribution is -0.156. The van der Waals surface area contributed by atoms with E-state index in [2.05, 4.69) is 38.1 Å². The van der Waals surface area contributed by atoms with Crippen LogP contribution in [0, 0.1) is 17.3 Å². The van der Waals surface area contributed by atoms with Crippen molar-refractivity contribution in [3.63, 3.8) is 0 Å². The number of methoxy groups -OCH3 is 1. The Morgan fingerprint density at radius 1 is 0.871 bits per heavy atom. The van der Waals surface area contributed by atoms with E-state index in [0.29, 0.717) is 0 Å². The molecule has 0 N–H and O–H groups in total. The lowest BCUT2D eigenvalue weighted by atomic mass is 9.62. The molecule has 2 aliphatic rings. The first-order valence-electron chi connectivity index (χ1n) is 13.3. The lowest BCUT2D eigenvalue weighted by Crippen LogP contribution is -2.38. The molecule has 2 saturated carbocycles. The minimum Gasteiger partial charge on any atom is -0.469 e. The predicted octanol–water partition coefficient (Wildman–Crippen LogP) is 8.23. The molecule has 0 bridgehead atoms. The summed E-state index contributed by atoms with van der Waals surface area (Å²) in [6.45, 7) is 4.50. The highest BCUT2D eigenvalue weighted by Crippen LogP contribution is 2.49. The van der Waals surface area contributed by atoms with E-state index in [-0.39, 0.29) is 11.4 Å². The molecule has 0 radical (unpaired) electrons. The first kappa shape index (κ1) is 24.3. The van der Waals surface area contributed by atoms with Crippen molar-refractivity contribution in [1.29, 1.82) is 0 Å². The summed E-state index contributed by atoms with van der Waals surface area (Å²) in [5.74, 6) is 2.50. The van der Waals surface area contributed by atoms with Gasteiger partial charge in [-0.2, -0.15) is 0 Å². The van der Waals surface area contributed by atoms with Gasteiger partial charge in [-0.25, -0.2) is 0 Å². The monoisotopic (exact) mass is 426 g/mol. The van der Waals surface area contributed by atoms with Crippen LogP contribution in [0.5, 0.6) is 0 Å². The van der Waals surface area contributed by atoms with Crippen molar-refractivity contribution in [2.45, 2.75) is 116 Å². The molecule has 0 aromatic heterocycles. The molecule has 0 heterocycles. The Kier molecular flexibility index (Phi) is 9.48. The highest BCUT2D eigenvalue weighted by atomic mass is 16.5. The van der Waals surface area contributed by atoms with Crippen LogP contribution in [0.2, 0.25) is 0 Å². The zero-order valence-corrected chi connectivity index (χ0v) is 20.5. The van der Waals surface area contributed by atoms with Gasteiger partial charge in [-0.1, -0.05) is 63.8 Å². The number of ether oxygens (including phenoxy) is 1. The summed E-state index contributed by atoms with van der Waals surface area (Å²) in [6.07, 6.45) is 18.4. The summed E-state index contributed by atoms with van der Waals surface area (Å²) in [7, 11) is 1.58. The molecule has 31 heavy (non-hydrogen) atoms. The molecule has 2 fully saturated rings. The maximum Gasteiger partial charge on any atom is 0.311 e. The van der Waals surface area contributed by atoms with Gasteiger partial charge in [-0.15, -0.1) is 0 Å². The number of benzene rings is 1. The summed E-state index contributed by atoms with van der Waals surface area (Å²) in [4.78, 5) is 12.6. The number of carbonyl (C=O) groups excluding carboxylic acids is 1. The van der Waals surface area contributed by atoms with E-state index in [1.807, 2.05) is 0 Å². The van der Waals surface area contributed by atoms with E-state index >= 15 is 0 Å². The number of esters is 1. The molecule has 1 aromatic carbocycles. The van der Waals surface area contributed by atoms with Crippen molar-refractivity contribution in [2.75, 3.05) is 7.11 Å². The molecule has 2 aliphatic carbocycles. The summed E-state index contributed by atoms with van der Waals surface area (Å²) in [6, 6.07) is 9.53. The molecule has 2 nitrogen and oxygen atoms in total. The van der Waals surface area contributed by atoms with E-state index in [4.69, 9.17) is 4.74 Å². The van der Waals surface area contributed by atoms with Gasteiger partial charge in [0.05, 0.1) is 12.5 Å². The van der Waals surface area contributed by atoms with E-state index in [9.17, 15) is 4.79 Å². The summed E-state index contributed by atoms with van der Waals surface area (Å²) < 4.78 is 5.26. The smallest absolute Gasteiger partial charge is 0.311 e. The van der Waals surface area contributed by atoms with Crippen molar-refractivity contribution < 1.29 is 9.53 Å². The second-order valence-corrected chi connectivity index (χ2v) is 10.5. The molecule has 2 heteroatoms. The maximum absolute atomic E-state index is 12.6. The van der Waals surface area contributed by atoms with Gasteiger partial charge < -0.3 is 4.74 Å². The van der Waals surface area contributed by atoms with Gasteiger partial charge in [0.2, 0.25) is 0 Å². The van der Waals surface area contributed by atoms with Crippen LogP contribution in [0.1, 0.15) is 121 Å². The largest absolute Gasteiger partial charge is 0.469 e. The third-order valence-corrected chi connectivity index (χ3v) is 8.57. The van der Waals surface area contributed by atoms with Gasteiger partial charge in [-0.05, 0) is 99.5 Å². The van der Waals surface area contributed by atoms with Gasteiger partial charge in [0, 0.05) is 0 Å². The minimum atomic E-state index is -0.183. The highest BCUT2D eigenvalue weighted by molar-refractivity contribution is 5.76. The van der Waals surface area contributed by atoms with Crippen LogP contribution < -0.4 is 0 Å². The Balaban J connectivity index is 1.48. The Morgan fingerprint density at radius 2 is 1.48 bits per heavy atom. The number of hydrogen-bond donors (Lipinski definition) is 0. The Hall–Kier alpha value is -1.31. The summed E-state index contributed by atoms with van der Waals surface area (Å²) >= 11 is 0. The van der Waals surface area contributed by atoms with Crippen molar-refractivity contribution >= 4 is 5.97 Å². The maximum atomic E-state index is 12.6. The third kappa shape index (κ3) is 6.36. The molecular formula is C29H46O2. The molecule has 0 aliphatic heterocycles. The molecule has 0 atom stereocenters. The van der Waals surface area contributed by atoms with Crippen LogP contribution in [0.4, 0.5) is 0 Å². The van der Waals surface area contributed by atoms with Gasteiger partial charge in [-0.3, -0.25) is 4.79 Å². The van der Waals surface area contributed by atoms with E-state index in [1.54, 1.807) is 12.7 Å². The van der Waals surface area contributed by atoms with E-state index < -0.39 is 0 Å². The molecule has 0 spiro atoms. The lowest BCUT2D eigenvalue weighted by Gasteiger charge is -2.42. The van der Waals surface area contributed by atoms with Crippen LogP contribution in [0.3, 0.4) is 0 Å². The molecule has 3 rings (SSSR count). The minimum absolute atomic E-state index is 0.0631. The molecule has 0 amide bonds. The van der Waals surface area contributed by atoms with Crippen LogP contribution in [-0.2, 0) is 16.0 Å². The van der Waals surface area contributed by atoms with Crippen LogP contribution >= 0.6 is 0 Å². The number of hydrogen-bond acceptors (Lipinski definition) is 2. The Bertz CT molecular complexity index is 646. The van der Waals surface area contributed by atoms with Crippen molar-refractivity contribution in [3.8, 4) is 0 Å². The molecule has 0 unspecified atom stereocenters. The molecule has 0 saturated heterocycles. The van der Waals surface area contributed by atoms with Crippen LogP contribution in [-0.4, -0.2) is 13.1 Å². The van der Waals surface area contributed by atoms with E-state index in [0.717, 1.165) is 37.0 Å². The topological polar surface area (TPSA) is 26.3 Å². The standard InChI is InChI=1S/C29H46O2/c1-4-6-8-20-29(28(30)31-3)21-18-27(19-22-29)26-16-14-25(15-17-26)24-12-10-23(11-13-24)9-7-5-2/h10-13,25-27H,4-9,14-22H2,1-3H3. The zero-order valence-electron chi connectivity index (χ0n) is 20.5. The van der Waals surface area contributed by atoms with Gasteiger partial charge in [0.1, 0.15) is 0 Å². The van der Waals surface area contributed by atoms with Crippen molar-refractivity contribution in [2.24, 2.45) is 17.3 Å². The van der Waals surface area contributed by atoms with Crippen molar-refractivity contribution in [1.82, 2.24) is 0 Å². The predicted molar refractivity (Wildman–Crippen MR) is 130 cm³/mol. The normalized spacial score (nSPS) is 28.9. The molecule has 1 aromatic rings. The first-order valence-corrected chi connectivity index (χ1v) is 13.3. The Morgan fingerprint density at radius 3 is 2.06 bits per heavy atom. The van der Waals surface area contributed by atoms with E-state index in [1.165, 1.54) is 82.6 Å². The number of rotatable bonds is 10. The number of unbranched alkanes of at least 4 members (excludes halogenated alkanes) is 3. The molecule has 174 valence electrons. The van der Waals surface area contributed by atoms with Gasteiger partial charge in [0.15, 0.2) is 0 Å². The summed E-state index contributed by atoms with van der Waals surface area (Å²) in [5.41, 5.74) is 2.87. The quantitative estimate of drug-likeness (QED) is 0.278. The SMILES string of the molecule is CCCCCC1(C(=O)OC)CCC(C2CCC(c3ccc(CCCC)cc3)CC2)CC1. The second-order valence-electron chi connectivity index (χ2n) is 10.5. The first-order chi connectivity index (χ1) is 15.1. The summed E-state index contributed by atoms with van der Waals surface area (Å²) in [5, 5.41) is 0. The van der Waals surface area contributed by atoms with Crippen LogP contribution in [0.15, 0.2) is 24.3 Å². The highest BCUT2D eigenvalue weighted by Gasteiger charge is 2.43. The fraction of sp³-hybridized carbons (Fsp3) is 0.759. The third-order valence-electron chi connectivity index (χ3n) is 8.57.